The highest BCUT2D eigenvalue weighted by atomic mass is 16.3. The van der Waals surface area contributed by atoms with E-state index in [0.29, 0.717) is 5.92 Å². The average Bonchev–Trinajstić information content (AvgIpc) is 1.95. The SMILES string of the molecule is CC1CN(C)CCCCC1O. The summed E-state index contributed by atoms with van der Waals surface area (Å²) < 4.78 is 0. The molecule has 0 aliphatic carbocycles. The molecular weight excluding hydrogens is 138 g/mol. The van der Waals surface area contributed by atoms with Crippen LogP contribution < -0.4 is 0 Å². The van der Waals surface area contributed by atoms with Gasteiger partial charge in [0.25, 0.3) is 0 Å². The second kappa shape index (κ2) is 4.07. The first-order valence-corrected chi connectivity index (χ1v) is 4.57. The van der Waals surface area contributed by atoms with E-state index in [1.165, 1.54) is 19.4 Å². The number of hydrogen-bond donors (Lipinski definition) is 1. The number of nitrogens with zero attached hydrogens (tertiary/aromatic N) is 1. The van der Waals surface area contributed by atoms with E-state index in [2.05, 4.69) is 18.9 Å². The predicted octanol–water partition coefficient (Wildman–Crippen LogP) is 1.10. The van der Waals surface area contributed by atoms with Crippen LogP contribution in [0.25, 0.3) is 0 Å². The molecule has 2 atom stereocenters. The lowest BCUT2D eigenvalue weighted by molar-refractivity contribution is 0.0730. The van der Waals surface area contributed by atoms with E-state index >= 15 is 0 Å². The van der Waals surface area contributed by atoms with Crippen LogP contribution in [0.4, 0.5) is 0 Å². The maximum absolute atomic E-state index is 9.57. The van der Waals surface area contributed by atoms with E-state index in [1.54, 1.807) is 0 Å². The van der Waals surface area contributed by atoms with Gasteiger partial charge in [0.2, 0.25) is 0 Å². The summed E-state index contributed by atoms with van der Waals surface area (Å²) in [4.78, 5) is 2.31. The normalized spacial score (nSPS) is 36.3. The van der Waals surface area contributed by atoms with Crippen LogP contribution >= 0.6 is 0 Å². The zero-order chi connectivity index (χ0) is 8.27. The van der Waals surface area contributed by atoms with Crippen molar-refractivity contribution in [1.82, 2.24) is 4.90 Å². The molecule has 2 nitrogen and oxygen atoms in total. The number of likely N-dealkylation sites (tertiary alicyclic amines) is 1. The molecule has 0 spiro atoms. The van der Waals surface area contributed by atoms with Crippen molar-refractivity contribution in [3.8, 4) is 0 Å². The van der Waals surface area contributed by atoms with E-state index in [9.17, 15) is 5.11 Å². The number of hydrogen-bond acceptors (Lipinski definition) is 2. The maximum atomic E-state index is 9.57. The zero-order valence-corrected chi connectivity index (χ0v) is 7.58. The van der Waals surface area contributed by atoms with Gasteiger partial charge >= 0.3 is 0 Å². The summed E-state index contributed by atoms with van der Waals surface area (Å²) in [5.41, 5.74) is 0. The Balaban J connectivity index is 2.38. The summed E-state index contributed by atoms with van der Waals surface area (Å²) in [5, 5.41) is 9.57. The summed E-state index contributed by atoms with van der Waals surface area (Å²) in [7, 11) is 2.13. The summed E-state index contributed by atoms with van der Waals surface area (Å²) >= 11 is 0. The molecule has 1 rings (SSSR count). The summed E-state index contributed by atoms with van der Waals surface area (Å²) in [6.45, 7) is 4.37. The van der Waals surface area contributed by atoms with Crippen LogP contribution in [-0.4, -0.2) is 36.2 Å². The molecule has 1 fully saturated rings. The van der Waals surface area contributed by atoms with Crippen LogP contribution in [0, 0.1) is 5.92 Å². The van der Waals surface area contributed by atoms with Gasteiger partial charge in [-0.15, -0.1) is 0 Å². The van der Waals surface area contributed by atoms with Crippen LogP contribution in [0.15, 0.2) is 0 Å². The van der Waals surface area contributed by atoms with Crippen LogP contribution in [0.2, 0.25) is 0 Å². The van der Waals surface area contributed by atoms with E-state index in [-0.39, 0.29) is 6.10 Å². The van der Waals surface area contributed by atoms with Crippen molar-refractivity contribution in [1.29, 1.82) is 0 Å². The molecule has 1 N–H and O–H groups in total. The highest BCUT2D eigenvalue weighted by Crippen LogP contribution is 2.15. The zero-order valence-electron chi connectivity index (χ0n) is 7.58. The van der Waals surface area contributed by atoms with Gasteiger partial charge in [-0.1, -0.05) is 6.92 Å². The van der Waals surface area contributed by atoms with Gasteiger partial charge in [0.15, 0.2) is 0 Å². The molecule has 1 aliphatic heterocycles. The molecule has 0 aromatic carbocycles. The van der Waals surface area contributed by atoms with Gasteiger partial charge in [-0.2, -0.15) is 0 Å². The van der Waals surface area contributed by atoms with Crippen molar-refractivity contribution in [2.45, 2.75) is 32.3 Å². The fourth-order valence-electron chi connectivity index (χ4n) is 1.72. The molecular formula is C9H19NO. The smallest absolute Gasteiger partial charge is 0.0578 e. The molecule has 11 heavy (non-hydrogen) atoms. The molecule has 1 saturated heterocycles. The minimum Gasteiger partial charge on any atom is -0.393 e. The molecule has 66 valence electrons. The number of aliphatic hydroxyl groups is 1. The fourth-order valence-corrected chi connectivity index (χ4v) is 1.72. The molecule has 2 heteroatoms. The lowest BCUT2D eigenvalue weighted by Gasteiger charge is -2.27. The molecule has 0 saturated carbocycles. The van der Waals surface area contributed by atoms with Crippen molar-refractivity contribution in [3.05, 3.63) is 0 Å². The topological polar surface area (TPSA) is 23.5 Å². The van der Waals surface area contributed by atoms with Gasteiger partial charge in [0.05, 0.1) is 6.10 Å². The van der Waals surface area contributed by atoms with Gasteiger partial charge in [-0.3, -0.25) is 0 Å². The third-order valence-electron chi connectivity index (χ3n) is 2.55. The van der Waals surface area contributed by atoms with Crippen LogP contribution in [0.1, 0.15) is 26.2 Å². The van der Waals surface area contributed by atoms with Crippen LogP contribution in [0.5, 0.6) is 0 Å². The second-order valence-electron chi connectivity index (χ2n) is 3.80. The molecule has 1 aliphatic rings. The number of rotatable bonds is 0. The van der Waals surface area contributed by atoms with Crippen molar-refractivity contribution < 1.29 is 5.11 Å². The maximum Gasteiger partial charge on any atom is 0.0578 e. The minimum absolute atomic E-state index is 0.0715. The Labute approximate surface area is 69.2 Å². The Morgan fingerprint density at radius 1 is 1.36 bits per heavy atom. The van der Waals surface area contributed by atoms with Crippen molar-refractivity contribution in [2.24, 2.45) is 5.92 Å². The number of aliphatic hydroxyl groups excluding tert-OH is 1. The highest BCUT2D eigenvalue weighted by Gasteiger charge is 2.17. The summed E-state index contributed by atoms with van der Waals surface area (Å²) in [6, 6.07) is 0. The third kappa shape index (κ3) is 2.80. The van der Waals surface area contributed by atoms with E-state index in [4.69, 9.17) is 0 Å². The molecule has 2 unspecified atom stereocenters. The molecule has 0 aromatic heterocycles. The van der Waals surface area contributed by atoms with E-state index in [1.807, 2.05) is 0 Å². The molecule has 1 heterocycles. The largest absolute Gasteiger partial charge is 0.393 e. The summed E-state index contributed by atoms with van der Waals surface area (Å²) in [5.74, 6) is 0.445. The molecule has 0 amide bonds. The van der Waals surface area contributed by atoms with E-state index < -0.39 is 0 Å². The highest BCUT2D eigenvalue weighted by molar-refractivity contribution is 4.71. The molecule has 0 bridgehead atoms. The summed E-state index contributed by atoms with van der Waals surface area (Å²) in [6.07, 6.45) is 3.34. The quantitative estimate of drug-likeness (QED) is 0.569. The Bertz CT molecular complexity index is 116. The van der Waals surface area contributed by atoms with Crippen molar-refractivity contribution in [3.63, 3.8) is 0 Å². The van der Waals surface area contributed by atoms with Crippen molar-refractivity contribution >= 4 is 0 Å². The lowest BCUT2D eigenvalue weighted by Crippen LogP contribution is -2.34. The first-order valence-electron chi connectivity index (χ1n) is 4.57. The van der Waals surface area contributed by atoms with Gasteiger partial charge in [-0.05, 0) is 38.8 Å². The Morgan fingerprint density at radius 3 is 2.82 bits per heavy atom. The van der Waals surface area contributed by atoms with Gasteiger partial charge in [0, 0.05) is 6.54 Å². The Kier molecular flexibility index (Phi) is 3.34. The molecule has 0 aromatic rings. The molecule has 0 radical (unpaired) electrons. The van der Waals surface area contributed by atoms with E-state index in [0.717, 1.165) is 13.0 Å². The van der Waals surface area contributed by atoms with Crippen LogP contribution in [-0.2, 0) is 0 Å². The Hall–Kier alpha value is -0.0800. The van der Waals surface area contributed by atoms with Gasteiger partial charge in [0.1, 0.15) is 0 Å². The third-order valence-corrected chi connectivity index (χ3v) is 2.55. The van der Waals surface area contributed by atoms with Crippen molar-refractivity contribution in [2.75, 3.05) is 20.1 Å². The first-order chi connectivity index (χ1) is 5.20. The lowest BCUT2D eigenvalue weighted by atomic mass is 9.97. The standard InChI is InChI=1S/C9H19NO/c1-8-7-10(2)6-4-3-5-9(8)11/h8-9,11H,3-7H2,1-2H3. The predicted molar refractivity (Wildman–Crippen MR) is 46.5 cm³/mol. The van der Waals surface area contributed by atoms with Gasteiger partial charge < -0.3 is 10.0 Å². The fraction of sp³-hybridized carbons (Fsp3) is 1.00. The Morgan fingerprint density at radius 2 is 2.09 bits per heavy atom. The first kappa shape index (κ1) is 9.01. The monoisotopic (exact) mass is 157 g/mol. The van der Waals surface area contributed by atoms with Gasteiger partial charge in [-0.25, -0.2) is 0 Å². The van der Waals surface area contributed by atoms with Crippen LogP contribution in [0.3, 0.4) is 0 Å². The minimum atomic E-state index is -0.0715. The second-order valence-corrected chi connectivity index (χ2v) is 3.80. The average molecular weight is 157 g/mol.